The van der Waals surface area contributed by atoms with E-state index in [1.165, 1.54) is 19.2 Å². The van der Waals surface area contributed by atoms with Crippen LogP contribution >= 0.6 is 0 Å². The Morgan fingerprint density at radius 1 is 1.40 bits per heavy atom. The molecule has 0 unspecified atom stereocenters. The zero-order valence-electron chi connectivity index (χ0n) is 7.98. The molecule has 0 saturated carbocycles. The van der Waals surface area contributed by atoms with Gasteiger partial charge in [0.05, 0.1) is 19.3 Å². The van der Waals surface area contributed by atoms with Gasteiger partial charge in [0, 0.05) is 0 Å². The molecule has 0 spiro atoms. The van der Waals surface area contributed by atoms with Gasteiger partial charge in [-0.25, -0.2) is 8.42 Å². The minimum absolute atomic E-state index is 0.0156. The second-order valence-electron chi connectivity index (χ2n) is 3.06. The lowest BCUT2D eigenvalue weighted by Crippen LogP contribution is -2.29. The fourth-order valence-electron chi connectivity index (χ4n) is 1.46. The Labute approximate surface area is 87.0 Å². The van der Waals surface area contributed by atoms with Crippen molar-refractivity contribution in [3.63, 3.8) is 0 Å². The first kappa shape index (κ1) is 9.97. The van der Waals surface area contributed by atoms with Crippen molar-refractivity contribution < 1.29 is 17.9 Å². The predicted octanol–water partition coefficient (Wildman–Crippen LogP) is 0.421. The first-order chi connectivity index (χ1) is 7.07. The summed E-state index contributed by atoms with van der Waals surface area (Å²) in [4.78, 5) is 11.2. The Morgan fingerprint density at radius 3 is 2.80 bits per heavy atom. The standard InChI is InChI=1S/C9H9NO4S/c1-14-6-3-2-4-7-9(6)10-5-8(11)15(7,12)13/h2-4,10H,5H2,1H3. The van der Waals surface area contributed by atoms with Gasteiger partial charge in [0.1, 0.15) is 10.6 Å². The van der Waals surface area contributed by atoms with Crippen molar-refractivity contribution in [2.75, 3.05) is 19.0 Å². The average molecular weight is 227 g/mol. The highest BCUT2D eigenvalue weighted by Gasteiger charge is 2.33. The Balaban J connectivity index is 2.72. The van der Waals surface area contributed by atoms with E-state index in [0.29, 0.717) is 11.4 Å². The molecule has 6 heteroatoms. The summed E-state index contributed by atoms with van der Waals surface area (Å²) in [5.41, 5.74) is 0.361. The summed E-state index contributed by atoms with van der Waals surface area (Å²) in [6, 6.07) is 4.56. The second kappa shape index (κ2) is 3.23. The number of benzene rings is 1. The third-order valence-electron chi connectivity index (χ3n) is 2.21. The number of ether oxygens (including phenoxy) is 1. The molecule has 1 heterocycles. The molecule has 0 aromatic heterocycles. The summed E-state index contributed by atoms with van der Waals surface area (Å²) >= 11 is 0. The maximum atomic E-state index is 11.6. The molecule has 2 rings (SSSR count). The number of rotatable bonds is 1. The predicted molar refractivity (Wildman–Crippen MR) is 53.7 cm³/mol. The highest BCUT2D eigenvalue weighted by Crippen LogP contribution is 2.34. The fraction of sp³-hybridized carbons (Fsp3) is 0.222. The lowest BCUT2D eigenvalue weighted by molar-refractivity contribution is -0.110. The molecule has 1 aliphatic rings. The summed E-state index contributed by atoms with van der Waals surface area (Å²) in [6.07, 6.45) is 0. The van der Waals surface area contributed by atoms with E-state index in [4.69, 9.17) is 4.74 Å². The SMILES string of the molecule is COc1cccc2c1NCC(=O)S2(=O)=O. The van der Waals surface area contributed by atoms with Crippen molar-refractivity contribution in [1.29, 1.82) is 0 Å². The van der Waals surface area contributed by atoms with E-state index < -0.39 is 15.0 Å². The van der Waals surface area contributed by atoms with Crippen LogP contribution in [0.15, 0.2) is 23.1 Å². The monoisotopic (exact) mass is 227 g/mol. The Kier molecular flexibility index (Phi) is 2.15. The quantitative estimate of drug-likeness (QED) is 0.752. The van der Waals surface area contributed by atoms with Gasteiger partial charge in [0.15, 0.2) is 0 Å². The van der Waals surface area contributed by atoms with Crippen LogP contribution in [0.5, 0.6) is 5.75 Å². The molecule has 80 valence electrons. The van der Waals surface area contributed by atoms with E-state index in [-0.39, 0.29) is 11.4 Å². The van der Waals surface area contributed by atoms with Gasteiger partial charge in [-0.05, 0) is 12.1 Å². The van der Waals surface area contributed by atoms with E-state index in [1.807, 2.05) is 0 Å². The Hall–Kier alpha value is -1.56. The van der Waals surface area contributed by atoms with E-state index in [2.05, 4.69) is 5.32 Å². The molecule has 0 radical (unpaired) electrons. The molecule has 1 aromatic carbocycles. The number of hydrogen-bond donors (Lipinski definition) is 1. The maximum Gasteiger partial charge on any atom is 0.270 e. The van der Waals surface area contributed by atoms with Gasteiger partial charge in [-0.1, -0.05) is 6.07 Å². The van der Waals surface area contributed by atoms with Gasteiger partial charge >= 0.3 is 0 Å². The number of anilines is 1. The lowest BCUT2D eigenvalue weighted by atomic mass is 10.3. The molecule has 1 N–H and O–H groups in total. The van der Waals surface area contributed by atoms with Crippen molar-refractivity contribution in [2.45, 2.75) is 4.90 Å². The minimum atomic E-state index is -3.83. The molecule has 0 fully saturated rings. The molecule has 0 saturated heterocycles. The molecular weight excluding hydrogens is 218 g/mol. The smallest absolute Gasteiger partial charge is 0.270 e. The molecule has 15 heavy (non-hydrogen) atoms. The number of fused-ring (bicyclic) bond motifs is 1. The van der Waals surface area contributed by atoms with Crippen LogP contribution < -0.4 is 10.1 Å². The zero-order valence-corrected chi connectivity index (χ0v) is 8.80. The number of carbonyl (C=O) groups excluding carboxylic acids is 1. The molecule has 0 aliphatic carbocycles. The summed E-state index contributed by atoms with van der Waals surface area (Å²) in [6.45, 7) is -0.213. The first-order valence-corrected chi connectivity index (χ1v) is 5.74. The summed E-state index contributed by atoms with van der Waals surface area (Å²) in [7, 11) is -2.39. The molecule has 1 aromatic rings. The average Bonchev–Trinajstić information content (AvgIpc) is 2.23. The van der Waals surface area contributed by atoms with Crippen LogP contribution in [0.1, 0.15) is 0 Å². The Morgan fingerprint density at radius 2 is 2.13 bits per heavy atom. The van der Waals surface area contributed by atoms with Crippen LogP contribution in [0.25, 0.3) is 0 Å². The highest BCUT2D eigenvalue weighted by molar-refractivity contribution is 8.06. The Bertz CT molecular complexity index is 521. The summed E-state index contributed by atoms with van der Waals surface area (Å²) in [5, 5.41) is 1.92. The van der Waals surface area contributed by atoms with Crippen LogP contribution in [0.4, 0.5) is 5.69 Å². The third-order valence-corrected chi connectivity index (χ3v) is 3.87. The molecule has 5 nitrogen and oxygen atoms in total. The van der Waals surface area contributed by atoms with Crippen molar-refractivity contribution in [3.8, 4) is 5.75 Å². The van der Waals surface area contributed by atoms with Crippen LogP contribution in [-0.4, -0.2) is 27.2 Å². The van der Waals surface area contributed by atoms with E-state index >= 15 is 0 Å². The van der Waals surface area contributed by atoms with Gasteiger partial charge in [-0.2, -0.15) is 0 Å². The molecule has 0 bridgehead atoms. The van der Waals surface area contributed by atoms with Gasteiger partial charge < -0.3 is 10.1 Å². The molecular formula is C9H9NO4S. The number of nitrogens with one attached hydrogen (secondary N) is 1. The van der Waals surface area contributed by atoms with Crippen molar-refractivity contribution in [3.05, 3.63) is 18.2 Å². The first-order valence-electron chi connectivity index (χ1n) is 4.26. The molecule has 1 aliphatic heterocycles. The van der Waals surface area contributed by atoms with Gasteiger partial charge in [-0.15, -0.1) is 0 Å². The number of sulfone groups is 1. The topological polar surface area (TPSA) is 72.5 Å². The van der Waals surface area contributed by atoms with E-state index in [9.17, 15) is 13.2 Å². The number of para-hydroxylation sites is 1. The van der Waals surface area contributed by atoms with Crippen LogP contribution in [0.3, 0.4) is 0 Å². The highest BCUT2D eigenvalue weighted by atomic mass is 32.2. The van der Waals surface area contributed by atoms with Crippen LogP contribution in [0.2, 0.25) is 0 Å². The number of hydrogen-bond acceptors (Lipinski definition) is 5. The summed E-state index contributed by atoms with van der Waals surface area (Å²) in [5.74, 6) is 0.420. The van der Waals surface area contributed by atoms with Gasteiger partial charge in [-0.3, -0.25) is 4.79 Å². The van der Waals surface area contributed by atoms with E-state index in [0.717, 1.165) is 0 Å². The zero-order chi connectivity index (χ0) is 11.1. The van der Waals surface area contributed by atoms with E-state index in [1.54, 1.807) is 6.07 Å². The largest absolute Gasteiger partial charge is 0.495 e. The normalized spacial score (nSPS) is 17.8. The third kappa shape index (κ3) is 1.37. The molecule has 0 amide bonds. The second-order valence-corrected chi connectivity index (χ2v) is 4.96. The van der Waals surface area contributed by atoms with Crippen molar-refractivity contribution >= 4 is 20.6 Å². The van der Waals surface area contributed by atoms with Crippen molar-refractivity contribution in [2.24, 2.45) is 0 Å². The fourth-order valence-corrected chi connectivity index (χ4v) is 2.66. The van der Waals surface area contributed by atoms with Gasteiger partial charge in [0.2, 0.25) is 9.84 Å². The lowest BCUT2D eigenvalue weighted by Gasteiger charge is -2.19. The van der Waals surface area contributed by atoms with Crippen molar-refractivity contribution in [1.82, 2.24) is 0 Å². The maximum absolute atomic E-state index is 11.6. The molecule has 0 atom stereocenters. The summed E-state index contributed by atoms with van der Waals surface area (Å²) < 4.78 is 28.3. The van der Waals surface area contributed by atoms with Gasteiger partial charge in [0.25, 0.3) is 5.12 Å². The number of carbonyl (C=O) groups is 1. The minimum Gasteiger partial charge on any atom is -0.495 e. The number of methoxy groups -OCH3 is 1. The van der Waals surface area contributed by atoms with Crippen LogP contribution in [-0.2, 0) is 14.6 Å². The van der Waals surface area contributed by atoms with Crippen LogP contribution in [0, 0.1) is 0 Å².